The van der Waals surface area contributed by atoms with Crippen LogP contribution in [-0.2, 0) is 51.1 Å². The van der Waals surface area contributed by atoms with Crippen molar-refractivity contribution in [3.05, 3.63) is 78.1 Å². The molecule has 1 fully saturated rings. The lowest BCUT2D eigenvalue weighted by molar-refractivity contribution is -0.147. The molecule has 0 aliphatic carbocycles. The lowest BCUT2D eigenvalue weighted by Gasteiger charge is -2.39. The van der Waals surface area contributed by atoms with Crippen LogP contribution in [0, 0.1) is 17.8 Å². The van der Waals surface area contributed by atoms with Gasteiger partial charge >= 0.3 is 5.97 Å². The molecule has 60 heavy (non-hydrogen) atoms. The average molecular weight is 835 g/mol. The van der Waals surface area contributed by atoms with Gasteiger partial charge in [0, 0.05) is 53.2 Å². The van der Waals surface area contributed by atoms with Crippen molar-refractivity contribution in [2.75, 3.05) is 42.0 Å². The first-order valence-corrected chi connectivity index (χ1v) is 21.1. The molecule has 0 saturated carbocycles. The van der Waals surface area contributed by atoms with Crippen LogP contribution in [0.25, 0.3) is 0 Å². The third-order valence-corrected chi connectivity index (χ3v) is 11.7. The Morgan fingerprint density at radius 3 is 2.07 bits per heavy atom. The third-order valence-electron chi connectivity index (χ3n) is 11.7. The molecule has 2 heterocycles. The Morgan fingerprint density at radius 2 is 1.52 bits per heavy atom. The quantitative estimate of drug-likeness (QED) is 0.121. The molecule has 1 aliphatic heterocycles. The number of ether oxygens (including phenoxy) is 3. The standard InChI is InChI=1S/C46H70N6O8/c1-13-31(6)41(51(9)45(56)39(29(2)3)49-44(55)40(30(4)5)50(8)28-34-21-23-47-24-22-34)37(58-10)27-38(53)52-25-17-20-36(52)42(59-11)32(7)43(54)48-35(46(57)60-12)26-33-18-15-14-16-19-33/h14-16,18-19,21-24,29-30,32,35-37,39-42H,6,13,17,20,25-28H2,1-5,7-12H3,(H,48,54)(H,49,55)/t32-,35+,36+,37-,39+,40+,41+,42-/m1/s1. The van der Waals surface area contributed by atoms with E-state index >= 15 is 0 Å². The summed E-state index contributed by atoms with van der Waals surface area (Å²) in [4.78, 5) is 78.6. The van der Waals surface area contributed by atoms with Gasteiger partial charge in [-0.1, -0.05) is 84.0 Å². The number of rotatable bonds is 23. The highest BCUT2D eigenvalue weighted by Crippen LogP contribution is 2.29. The van der Waals surface area contributed by atoms with E-state index in [-0.39, 0.29) is 42.4 Å². The van der Waals surface area contributed by atoms with Gasteiger partial charge in [-0.05, 0) is 61.4 Å². The van der Waals surface area contributed by atoms with Crippen molar-refractivity contribution in [1.29, 1.82) is 0 Å². The van der Waals surface area contributed by atoms with Crippen LogP contribution in [0.3, 0.4) is 0 Å². The minimum absolute atomic E-state index is 0.0464. The number of hydrogen-bond acceptors (Lipinski definition) is 10. The predicted octanol–water partition coefficient (Wildman–Crippen LogP) is 4.42. The Bertz CT molecular complexity index is 1710. The number of methoxy groups -OCH3 is 3. The maximum Gasteiger partial charge on any atom is 0.328 e. The summed E-state index contributed by atoms with van der Waals surface area (Å²) in [5.41, 5.74) is 2.58. The molecule has 4 amide bonds. The number of likely N-dealkylation sites (tertiary alicyclic amines) is 1. The highest BCUT2D eigenvalue weighted by atomic mass is 16.5. The summed E-state index contributed by atoms with van der Waals surface area (Å²) in [6, 6.07) is 9.79. The summed E-state index contributed by atoms with van der Waals surface area (Å²) in [6.45, 7) is 16.7. The van der Waals surface area contributed by atoms with Gasteiger partial charge in [-0.3, -0.25) is 29.1 Å². The van der Waals surface area contributed by atoms with E-state index in [2.05, 4.69) is 22.2 Å². The van der Waals surface area contributed by atoms with E-state index in [1.54, 1.807) is 36.2 Å². The molecule has 2 N–H and O–H groups in total. The SMILES string of the molecule is C=C(CC)[C@@H]([C@@H](CC(=O)N1CCC[C@H]1[C@H](OC)[C@@H](C)C(=O)N[C@@H](Cc1ccccc1)C(=O)OC)OC)N(C)C(=O)[C@@H](NC(=O)[C@H](C(C)C)N(C)Cc1ccncc1)C(C)C. The summed E-state index contributed by atoms with van der Waals surface area (Å²) in [6.07, 6.45) is 4.02. The van der Waals surface area contributed by atoms with Crippen molar-refractivity contribution in [3.8, 4) is 0 Å². The molecular formula is C46H70N6O8. The van der Waals surface area contributed by atoms with Crippen LogP contribution in [0.5, 0.6) is 0 Å². The maximum atomic E-state index is 14.5. The highest BCUT2D eigenvalue weighted by Gasteiger charge is 2.43. The molecule has 1 aromatic carbocycles. The van der Waals surface area contributed by atoms with Crippen LogP contribution in [0.1, 0.15) is 78.4 Å². The van der Waals surface area contributed by atoms with Crippen molar-refractivity contribution in [2.45, 2.75) is 123 Å². The zero-order valence-electron chi connectivity index (χ0n) is 37.7. The summed E-state index contributed by atoms with van der Waals surface area (Å²) >= 11 is 0. The zero-order valence-corrected chi connectivity index (χ0v) is 37.7. The van der Waals surface area contributed by atoms with Gasteiger partial charge in [-0.2, -0.15) is 0 Å². The van der Waals surface area contributed by atoms with Gasteiger partial charge in [-0.15, -0.1) is 0 Å². The smallest absolute Gasteiger partial charge is 0.328 e. The fourth-order valence-electron chi connectivity index (χ4n) is 8.38. The van der Waals surface area contributed by atoms with Crippen molar-refractivity contribution in [3.63, 3.8) is 0 Å². The molecule has 0 bridgehead atoms. The number of aromatic nitrogens is 1. The second kappa shape index (κ2) is 24.0. The summed E-state index contributed by atoms with van der Waals surface area (Å²) in [7, 11) is 7.88. The van der Waals surface area contributed by atoms with Gasteiger partial charge in [0.2, 0.25) is 23.6 Å². The Hall–Kier alpha value is -4.66. The van der Waals surface area contributed by atoms with Crippen LogP contribution in [0.2, 0.25) is 0 Å². The van der Waals surface area contributed by atoms with Crippen molar-refractivity contribution in [2.24, 2.45) is 17.8 Å². The summed E-state index contributed by atoms with van der Waals surface area (Å²) in [5.74, 6) is -2.76. The Balaban J connectivity index is 1.79. The topological polar surface area (TPSA) is 160 Å². The van der Waals surface area contributed by atoms with Crippen LogP contribution in [0.4, 0.5) is 0 Å². The molecule has 14 nitrogen and oxygen atoms in total. The van der Waals surface area contributed by atoms with Gasteiger partial charge < -0.3 is 34.6 Å². The Labute approximate surface area is 357 Å². The average Bonchev–Trinajstić information content (AvgIpc) is 3.72. The van der Waals surface area contributed by atoms with Crippen molar-refractivity contribution >= 4 is 29.6 Å². The largest absolute Gasteiger partial charge is 0.467 e. The molecule has 0 radical (unpaired) electrons. The minimum Gasteiger partial charge on any atom is -0.467 e. The maximum absolute atomic E-state index is 14.5. The number of likely N-dealkylation sites (N-methyl/N-ethyl adjacent to an activating group) is 2. The number of carbonyl (C=O) groups is 5. The number of pyridine rings is 1. The monoisotopic (exact) mass is 835 g/mol. The number of nitrogens with zero attached hydrogens (tertiary/aromatic N) is 4. The molecule has 2 aromatic rings. The zero-order chi connectivity index (χ0) is 44.7. The number of amides is 4. The molecule has 3 rings (SSSR count). The van der Waals surface area contributed by atoms with Crippen LogP contribution < -0.4 is 10.6 Å². The molecule has 0 spiro atoms. The van der Waals surface area contributed by atoms with Crippen LogP contribution >= 0.6 is 0 Å². The molecule has 1 aliphatic rings. The second-order valence-electron chi connectivity index (χ2n) is 16.6. The second-order valence-corrected chi connectivity index (χ2v) is 16.6. The number of nitrogens with one attached hydrogen (secondary N) is 2. The van der Waals surface area contributed by atoms with E-state index in [1.807, 2.05) is 89.0 Å². The third kappa shape index (κ3) is 13.2. The van der Waals surface area contributed by atoms with Crippen LogP contribution in [-0.4, -0.2) is 134 Å². The first-order valence-electron chi connectivity index (χ1n) is 21.1. The molecule has 332 valence electrons. The molecule has 8 atom stereocenters. The lowest BCUT2D eigenvalue weighted by Crippen LogP contribution is -2.59. The van der Waals surface area contributed by atoms with E-state index < -0.39 is 60.2 Å². The van der Waals surface area contributed by atoms with Crippen molar-refractivity contribution in [1.82, 2.24) is 30.3 Å². The number of hydrogen-bond donors (Lipinski definition) is 2. The van der Waals surface area contributed by atoms with Crippen LogP contribution in [0.15, 0.2) is 67.0 Å². The summed E-state index contributed by atoms with van der Waals surface area (Å²) < 4.78 is 17.0. The van der Waals surface area contributed by atoms with Crippen molar-refractivity contribution < 1.29 is 38.2 Å². The van der Waals surface area contributed by atoms with Gasteiger partial charge in [0.1, 0.15) is 12.1 Å². The van der Waals surface area contributed by atoms with Gasteiger partial charge in [0.25, 0.3) is 0 Å². The van der Waals surface area contributed by atoms with Gasteiger partial charge in [0.05, 0.1) is 49.8 Å². The molecule has 14 heteroatoms. The van der Waals surface area contributed by atoms with E-state index in [0.29, 0.717) is 37.9 Å². The predicted molar refractivity (Wildman–Crippen MR) is 231 cm³/mol. The molecule has 1 aromatic heterocycles. The Morgan fingerprint density at radius 1 is 0.867 bits per heavy atom. The lowest BCUT2D eigenvalue weighted by atomic mass is 9.92. The molecular weight excluding hydrogens is 765 g/mol. The fraction of sp³-hybridized carbons (Fsp3) is 0.609. The molecule has 0 unspecified atom stereocenters. The number of esters is 1. The number of carbonyl (C=O) groups excluding carboxylic acids is 5. The first-order chi connectivity index (χ1) is 28.5. The van der Waals surface area contributed by atoms with E-state index in [4.69, 9.17) is 14.2 Å². The van der Waals surface area contributed by atoms with Gasteiger partial charge in [-0.25, -0.2) is 4.79 Å². The summed E-state index contributed by atoms with van der Waals surface area (Å²) in [5, 5.41) is 5.93. The van der Waals surface area contributed by atoms with E-state index in [1.165, 1.54) is 21.3 Å². The van der Waals surface area contributed by atoms with E-state index in [0.717, 1.165) is 11.1 Å². The Kier molecular flexibility index (Phi) is 19.8. The minimum atomic E-state index is -0.906. The molecule has 1 saturated heterocycles. The number of benzene rings is 1. The van der Waals surface area contributed by atoms with E-state index in [9.17, 15) is 24.0 Å². The fourth-order valence-corrected chi connectivity index (χ4v) is 8.38. The first kappa shape index (κ1) is 49.7. The normalized spacial score (nSPS) is 17.6. The van der Waals surface area contributed by atoms with Gasteiger partial charge in [0.15, 0.2) is 0 Å². The highest BCUT2D eigenvalue weighted by molar-refractivity contribution is 5.90.